The van der Waals surface area contributed by atoms with E-state index >= 15 is 0 Å². The minimum absolute atomic E-state index is 0.0916. The lowest BCUT2D eigenvalue weighted by molar-refractivity contribution is -0.135. The number of aromatic nitrogens is 2. The maximum absolute atomic E-state index is 13.1. The molecule has 0 bridgehead atoms. The molecule has 1 atom stereocenters. The molecule has 8 nitrogen and oxygen atoms in total. The zero-order valence-corrected chi connectivity index (χ0v) is 16.8. The fourth-order valence-electron chi connectivity index (χ4n) is 3.62. The van der Waals surface area contributed by atoms with Crippen molar-refractivity contribution >= 4 is 34.3 Å². The molecule has 1 fully saturated rings. The summed E-state index contributed by atoms with van der Waals surface area (Å²) in [5.41, 5.74) is 0.661. The number of carbonyl (C=O) groups is 3. The quantitative estimate of drug-likeness (QED) is 0.550. The van der Waals surface area contributed by atoms with Gasteiger partial charge >= 0.3 is 0 Å². The van der Waals surface area contributed by atoms with Crippen molar-refractivity contribution in [3.05, 3.63) is 34.4 Å². The van der Waals surface area contributed by atoms with E-state index in [0.717, 1.165) is 25.7 Å². The molecule has 3 amide bonds. The Balaban J connectivity index is 1.86. The molecular weight excluding hydrogens is 372 g/mol. The number of carbonyl (C=O) groups excluding carboxylic acids is 3. The fraction of sp³-hybridized carbons (Fsp3) is 0.476. The molecular formula is C21H26N4O4. The van der Waals surface area contributed by atoms with Gasteiger partial charge in [0, 0.05) is 18.5 Å². The van der Waals surface area contributed by atoms with E-state index < -0.39 is 11.9 Å². The van der Waals surface area contributed by atoms with Crippen molar-refractivity contribution in [2.75, 3.05) is 5.32 Å². The van der Waals surface area contributed by atoms with Crippen LogP contribution in [0, 0.1) is 6.92 Å². The maximum atomic E-state index is 13.1. The van der Waals surface area contributed by atoms with Crippen LogP contribution in [0.15, 0.2) is 23.0 Å². The Kier molecular flexibility index (Phi) is 6.41. The van der Waals surface area contributed by atoms with Crippen molar-refractivity contribution in [3.63, 3.8) is 0 Å². The third-order valence-electron chi connectivity index (χ3n) is 5.14. The van der Waals surface area contributed by atoms with Gasteiger partial charge < -0.3 is 5.32 Å². The summed E-state index contributed by atoms with van der Waals surface area (Å²) in [7, 11) is 0. The summed E-state index contributed by atoms with van der Waals surface area (Å²) < 4.78 is 1.33. The van der Waals surface area contributed by atoms with Gasteiger partial charge in [-0.15, -0.1) is 0 Å². The van der Waals surface area contributed by atoms with Crippen LogP contribution in [0.2, 0.25) is 0 Å². The van der Waals surface area contributed by atoms with Gasteiger partial charge in [-0.05, 0) is 38.0 Å². The van der Waals surface area contributed by atoms with Crippen LogP contribution >= 0.6 is 0 Å². The second-order valence-electron chi connectivity index (χ2n) is 7.39. The first-order chi connectivity index (χ1) is 13.9. The zero-order valence-electron chi connectivity index (χ0n) is 16.8. The van der Waals surface area contributed by atoms with Gasteiger partial charge in [0.05, 0.1) is 10.9 Å². The SMILES string of the molecule is CCCCCCC(=O)Nc1ccc2nc(C)n(C3CCC(=O)NC3=O)c(=O)c2c1. The lowest BCUT2D eigenvalue weighted by Crippen LogP contribution is -2.45. The highest BCUT2D eigenvalue weighted by atomic mass is 16.2. The van der Waals surface area contributed by atoms with E-state index in [2.05, 4.69) is 22.5 Å². The van der Waals surface area contributed by atoms with Crippen molar-refractivity contribution in [1.29, 1.82) is 0 Å². The highest BCUT2D eigenvalue weighted by Crippen LogP contribution is 2.21. The summed E-state index contributed by atoms with van der Waals surface area (Å²) in [6, 6.07) is 4.23. The predicted octanol–water partition coefficient (Wildman–Crippen LogP) is 2.59. The first kappa shape index (κ1) is 20.7. The summed E-state index contributed by atoms with van der Waals surface area (Å²) in [6.45, 7) is 3.78. The number of imide groups is 1. The van der Waals surface area contributed by atoms with Gasteiger partial charge in [0.25, 0.3) is 5.56 Å². The molecule has 1 unspecified atom stereocenters. The standard InChI is InChI=1S/C21H26N4O4/c1-3-4-5-6-7-18(26)23-14-8-9-16-15(12-14)21(29)25(13(2)22-16)17-10-11-19(27)24-20(17)28/h8-9,12,17H,3-7,10-11H2,1-2H3,(H,23,26)(H,24,27,28). The van der Waals surface area contributed by atoms with E-state index in [0.29, 0.717) is 28.8 Å². The topological polar surface area (TPSA) is 110 Å². The van der Waals surface area contributed by atoms with E-state index in [9.17, 15) is 19.2 Å². The third kappa shape index (κ3) is 4.70. The molecule has 154 valence electrons. The predicted molar refractivity (Wildman–Crippen MR) is 110 cm³/mol. The molecule has 29 heavy (non-hydrogen) atoms. The number of anilines is 1. The van der Waals surface area contributed by atoms with Crippen molar-refractivity contribution in [3.8, 4) is 0 Å². The molecule has 1 aliphatic rings. The van der Waals surface area contributed by atoms with E-state index in [1.54, 1.807) is 25.1 Å². The van der Waals surface area contributed by atoms with E-state index in [1.165, 1.54) is 4.57 Å². The van der Waals surface area contributed by atoms with Gasteiger partial charge in [0.15, 0.2) is 0 Å². The number of nitrogens with one attached hydrogen (secondary N) is 2. The second-order valence-corrected chi connectivity index (χ2v) is 7.39. The Morgan fingerprint density at radius 1 is 1.24 bits per heavy atom. The Bertz CT molecular complexity index is 1010. The number of nitrogens with zero attached hydrogens (tertiary/aromatic N) is 2. The number of aryl methyl sites for hydroxylation is 1. The molecule has 2 aromatic rings. The number of benzene rings is 1. The van der Waals surface area contributed by atoms with Crippen LogP contribution in [-0.2, 0) is 14.4 Å². The Morgan fingerprint density at radius 2 is 2.03 bits per heavy atom. The number of hydrogen-bond donors (Lipinski definition) is 2. The van der Waals surface area contributed by atoms with Gasteiger partial charge in [-0.3, -0.25) is 29.1 Å². The molecule has 0 spiro atoms. The Morgan fingerprint density at radius 3 is 2.76 bits per heavy atom. The van der Waals surface area contributed by atoms with Crippen molar-refractivity contribution < 1.29 is 14.4 Å². The normalized spacial score (nSPS) is 16.7. The number of unbranched alkanes of at least 4 members (excludes halogenated alkanes) is 3. The summed E-state index contributed by atoms with van der Waals surface area (Å²) >= 11 is 0. The molecule has 0 saturated carbocycles. The fourth-order valence-corrected chi connectivity index (χ4v) is 3.62. The summed E-state index contributed by atoms with van der Waals surface area (Å²) in [4.78, 5) is 53.3. The van der Waals surface area contributed by atoms with Crippen LogP contribution in [0.4, 0.5) is 5.69 Å². The molecule has 2 heterocycles. The minimum atomic E-state index is -0.770. The van der Waals surface area contributed by atoms with Gasteiger partial charge in [-0.25, -0.2) is 4.98 Å². The monoisotopic (exact) mass is 398 g/mol. The Hall–Kier alpha value is -3.03. The molecule has 0 aliphatic carbocycles. The van der Waals surface area contributed by atoms with E-state index in [4.69, 9.17) is 0 Å². The molecule has 1 aromatic heterocycles. The zero-order chi connectivity index (χ0) is 21.0. The molecule has 0 radical (unpaired) electrons. The number of amides is 3. The molecule has 1 saturated heterocycles. The number of hydrogen-bond acceptors (Lipinski definition) is 5. The first-order valence-corrected chi connectivity index (χ1v) is 10.1. The molecule has 3 rings (SSSR count). The summed E-state index contributed by atoms with van der Waals surface area (Å²) in [6.07, 6.45) is 4.93. The van der Waals surface area contributed by atoms with Crippen LogP contribution in [0.3, 0.4) is 0 Å². The Labute approximate surface area is 168 Å². The lowest BCUT2D eigenvalue weighted by atomic mass is 10.1. The smallest absolute Gasteiger partial charge is 0.262 e. The molecule has 8 heteroatoms. The highest BCUT2D eigenvalue weighted by molar-refractivity contribution is 5.99. The molecule has 1 aromatic carbocycles. The van der Waals surface area contributed by atoms with Crippen LogP contribution in [0.5, 0.6) is 0 Å². The van der Waals surface area contributed by atoms with Crippen molar-refractivity contribution in [2.45, 2.75) is 64.8 Å². The van der Waals surface area contributed by atoms with Crippen molar-refractivity contribution in [1.82, 2.24) is 14.9 Å². The number of piperidine rings is 1. The second kappa shape index (κ2) is 8.98. The van der Waals surface area contributed by atoms with Gasteiger partial charge in [-0.2, -0.15) is 0 Å². The number of fused-ring (bicyclic) bond motifs is 1. The van der Waals surface area contributed by atoms with E-state index in [1.807, 2.05) is 0 Å². The van der Waals surface area contributed by atoms with Gasteiger partial charge in [0.2, 0.25) is 17.7 Å². The lowest BCUT2D eigenvalue weighted by Gasteiger charge is -2.24. The van der Waals surface area contributed by atoms with Crippen LogP contribution in [-0.4, -0.2) is 27.3 Å². The van der Waals surface area contributed by atoms with Crippen LogP contribution in [0.1, 0.15) is 63.7 Å². The summed E-state index contributed by atoms with van der Waals surface area (Å²) in [5, 5.41) is 5.42. The van der Waals surface area contributed by atoms with Gasteiger partial charge in [-0.1, -0.05) is 26.2 Å². The average Bonchev–Trinajstić information content (AvgIpc) is 2.67. The van der Waals surface area contributed by atoms with E-state index in [-0.39, 0.29) is 30.2 Å². The van der Waals surface area contributed by atoms with Crippen LogP contribution < -0.4 is 16.2 Å². The minimum Gasteiger partial charge on any atom is -0.326 e. The third-order valence-corrected chi connectivity index (χ3v) is 5.14. The number of rotatable bonds is 7. The molecule has 2 N–H and O–H groups in total. The van der Waals surface area contributed by atoms with Gasteiger partial charge in [0.1, 0.15) is 11.9 Å². The largest absolute Gasteiger partial charge is 0.326 e. The summed E-state index contributed by atoms with van der Waals surface area (Å²) in [5.74, 6) is -0.519. The van der Waals surface area contributed by atoms with Crippen LogP contribution in [0.25, 0.3) is 10.9 Å². The van der Waals surface area contributed by atoms with Crippen molar-refractivity contribution in [2.24, 2.45) is 0 Å². The molecule has 1 aliphatic heterocycles. The maximum Gasteiger partial charge on any atom is 0.262 e. The highest BCUT2D eigenvalue weighted by Gasteiger charge is 2.30. The average molecular weight is 398 g/mol. The first-order valence-electron chi connectivity index (χ1n) is 10.1.